The molecule has 0 amide bonds. The van der Waals surface area contributed by atoms with Gasteiger partial charge in [-0.05, 0) is 126 Å². The van der Waals surface area contributed by atoms with Gasteiger partial charge in [-0.3, -0.25) is 0 Å². The van der Waals surface area contributed by atoms with Crippen molar-refractivity contribution in [3.05, 3.63) is 205 Å². The summed E-state index contributed by atoms with van der Waals surface area (Å²) in [7, 11) is 0. The van der Waals surface area contributed by atoms with Crippen LogP contribution in [-0.4, -0.2) is 0 Å². The molecule has 1 aliphatic carbocycles. The molecular formula is C57H38. The van der Waals surface area contributed by atoms with Crippen molar-refractivity contribution in [2.75, 3.05) is 0 Å². The summed E-state index contributed by atoms with van der Waals surface area (Å²) in [4.78, 5) is 0. The van der Waals surface area contributed by atoms with E-state index in [0.717, 1.165) is 0 Å². The van der Waals surface area contributed by atoms with Crippen molar-refractivity contribution >= 4 is 64.6 Å². The summed E-state index contributed by atoms with van der Waals surface area (Å²) in [6.07, 6.45) is 0. The molecule has 0 aliphatic heterocycles. The van der Waals surface area contributed by atoms with E-state index in [1.54, 1.807) is 0 Å². The maximum Gasteiger partial charge on any atom is 0.0165 e. The van der Waals surface area contributed by atoms with E-state index in [2.05, 4.69) is 208 Å². The highest BCUT2D eigenvalue weighted by atomic mass is 14.4. The molecule has 0 saturated carbocycles. The predicted molar refractivity (Wildman–Crippen MR) is 245 cm³/mol. The van der Waals surface area contributed by atoms with Gasteiger partial charge in [0, 0.05) is 5.41 Å². The third-order valence-corrected chi connectivity index (χ3v) is 13.0. The molecule has 12 rings (SSSR count). The molecule has 0 fully saturated rings. The minimum Gasteiger partial charge on any atom is -0.0616 e. The normalized spacial score (nSPS) is 13.2. The Labute approximate surface area is 332 Å². The van der Waals surface area contributed by atoms with E-state index in [4.69, 9.17) is 0 Å². The SMILES string of the molecule is CC1(C)c2ccc(-c3ccc(-c4c5ccccc5c(-c5cccc6ccccc56)c5ccccc45)c4ccccc34)cc2-c2c1c1ccccc1c1ccccc21. The van der Waals surface area contributed by atoms with Gasteiger partial charge in [0.05, 0.1) is 0 Å². The molecule has 11 aromatic carbocycles. The number of hydrogen-bond acceptors (Lipinski definition) is 0. The second-order valence-corrected chi connectivity index (χ2v) is 16.3. The van der Waals surface area contributed by atoms with Crippen LogP contribution in [0.4, 0.5) is 0 Å². The van der Waals surface area contributed by atoms with Crippen LogP contribution in [0.25, 0.3) is 109 Å². The Kier molecular flexibility index (Phi) is 6.78. The first-order chi connectivity index (χ1) is 28.1. The molecule has 0 spiro atoms. The van der Waals surface area contributed by atoms with Crippen LogP contribution < -0.4 is 0 Å². The molecule has 0 nitrogen and oxygen atoms in total. The Morgan fingerprint density at radius 1 is 0.281 bits per heavy atom. The van der Waals surface area contributed by atoms with Gasteiger partial charge in [0.25, 0.3) is 0 Å². The van der Waals surface area contributed by atoms with Crippen LogP contribution in [0, 0.1) is 0 Å². The third kappa shape index (κ3) is 4.50. The van der Waals surface area contributed by atoms with Gasteiger partial charge >= 0.3 is 0 Å². The van der Waals surface area contributed by atoms with E-state index in [-0.39, 0.29) is 5.41 Å². The Bertz CT molecular complexity index is 3430. The van der Waals surface area contributed by atoms with Crippen molar-refractivity contribution in [2.24, 2.45) is 0 Å². The summed E-state index contributed by atoms with van der Waals surface area (Å²) < 4.78 is 0. The van der Waals surface area contributed by atoms with E-state index in [1.807, 2.05) is 0 Å². The van der Waals surface area contributed by atoms with Crippen LogP contribution in [0.2, 0.25) is 0 Å². The van der Waals surface area contributed by atoms with Crippen LogP contribution in [0.3, 0.4) is 0 Å². The first kappa shape index (κ1) is 32.2. The van der Waals surface area contributed by atoms with Gasteiger partial charge in [0.1, 0.15) is 0 Å². The highest BCUT2D eigenvalue weighted by Crippen LogP contribution is 2.56. The first-order valence-corrected chi connectivity index (χ1v) is 20.1. The average Bonchev–Trinajstić information content (AvgIpc) is 3.51. The predicted octanol–water partition coefficient (Wildman–Crippen LogP) is 15.9. The molecule has 266 valence electrons. The zero-order valence-corrected chi connectivity index (χ0v) is 32.0. The van der Waals surface area contributed by atoms with Gasteiger partial charge in [0.15, 0.2) is 0 Å². The maximum absolute atomic E-state index is 2.48. The second-order valence-electron chi connectivity index (χ2n) is 16.3. The Morgan fingerprint density at radius 2 is 0.702 bits per heavy atom. The fraction of sp³-hybridized carbons (Fsp3) is 0.0526. The monoisotopic (exact) mass is 722 g/mol. The minimum atomic E-state index is -0.126. The number of hydrogen-bond donors (Lipinski definition) is 0. The fourth-order valence-corrected chi connectivity index (χ4v) is 10.6. The Morgan fingerprint density at radius 3 is 1.32 bits per heavy atom. The van der Waals surface area contributed by atoms with E-state index < -0.39 is 0 Å². The molecule has 0 saturated heterocycles. The molecule has 0 radical (unpaired) electrons. The van der Waals surface area contributed by atoms with Crippen LogP contribution in [0.15, 0.2) is 194 Å². The van der Waals surface area contributed by atoms with Crippen LogP contribution in [0.1, 0.15) is 25.0 Å². The van der Waals surface area contributed by atoms with Crippen LogP contribution >= 0.6 is 0 Å². The molecule has 57 heavy (non-hydrogen) atoms. The second kappa shape index (κ2) is 12.0. The van der Waals surface area contributed by atoms with Crippen molar-refractivity contribution in [1.29, 1.82) is 0 Å². The molecule has 0 bridgehead atoms. The standard InChI is InChI=1S/C57H38/c1-57(2)52-33-30-36(34-51(52)55-44-23-9-7-21-41(44)42-22-8-14-28-50(42)56(55)57)38-31-32-49(40-20-6-5-19-39(38)40)54-47-26-12-10-24-45(47)53(46-25-11-13-27-48(46)54)43-29-15-17-35-16-3-4-18-37(35)43/h3-34H,1-2H3. The average molecular weight is 723 g/mol. The zero-order valence-electron chi connectivity index (χ0n) is 32.0. The lowest BCUT2D eigenvalue weighted by Gasteiger charge is -2.24. The van der Waals surface area contributed by atoms with Gasteiger partial charge in [-0.25, -0.2) is 0 Å². The lowest BCUT2D eigenvalue weighted by atomic mass is 9.79. The minimum absolute atomic E-state index is 0.126. The van der Waals surface area contributed by atoms with Gasteiger partial charge in [-0.15, -0.1) is 0 Å². The van der Waals surface area contributed by atoms with E-state index in [0.29, 0.717) is 0 Å². The molecule has 0 heteroatoms. The molecule has 0 N–H and O–H groups in total. The van der Waals surface area contributed by atoms with Crippen molar-refractivity contribution in [3.8, 4) is 44.5 Å². The van der Waals surface area contributed by atoms with Gasteiger partial charge in [-0.1, -0.05) is 202 Å². The third-order valence-electron chi connectivity index (χ3n) is 13.0. The Hall–Kier alpha value is -7.02. The van der Waals surface area contributed by atoms with E-state index in [1.165, 1.54) is 120 Å². The molecule has 1 aliphatic rings. The van der Waals surface area contributed by atoms with Gasteiger partial charge in [-0.2, -0.15) is 0 Å². The smallest absolute Gasteiger partial charge is 0.0165 e. The summed E-state index contributed by atoms with van der Waals surface area (Å²) in [5, 5.41) is 15.5. The van der Waals surface area contributed by atoms with Crippen molar-refractivity contribution < 1.29 is 0 Å². The largest absolute Gasteiger partial charge is 0.0616 e. The summed E-state index contributed by atoms with van der Waals surface area (Å²) in [6.45, 7) is 4.81. The highest BCUT2D eigenvalue weighted by Gasteiger charge is 2.38. The Balaban J connectivity index is 1.11. The van der Waals surface area contributed by atoms with E-state index in [9.17, 15) is 0 Å². The fourth-order valence-electron chi connectivity index (χ4n) is 10.6. The molecule has 0 aromatic heterocycles. The number of rotatable bonds is 3. The number of benzene rings is 11. The van der Waals surface area contributed by atoms with Crippen molar-refractivity contribution in [2.45, 2.75) is 19.3 Å². The maximum atomic E-state index is 2.48. The topological polar surface area (TPSA) is 0 Å². The lowest BCUT2D eigenvalue weighted by Crippen LogP contribution is -2.15. The summed E-state index contributed by atoms with van der Waals surface area (Å²) in [6, 6.07) is 72.5. The first-order valence-electron chi connectivity index (χ1n) is 20.1. The molecular weight excluding hydrogens is 685 g/mol. The summed E-state index contributed by atoms with van der Waals surface area (Å²) >= 11 is 0. The molecule has 11 aromatic rings. The van der Waals surface area contributed by atoms with Crippen molar-refractivity contribution in [1.82, 2.24) is 0 Å². The van der Waals surface area contributed by atoms with E-state index >= 15 is 0 Å². The molecule has 0 atom stereocenters. The quantitative estimate of drug-likeness (QED) is 0.126. The number of fused-ring (bicyclic) bond motifs is 12. The zero-order chi connectivity index (χ0) is 37.8. The van der Waals surface area contributed by atoms with Gasteiger partial charge in [0.2, 0.25) is 0 Å². The van der Waals surface area contributed by atoms with Crippen LogP contribution in [-0.2, 0) is 5.41 Å². The lowest BCUT2D eigenvalue weighted by molar-refractivity contribution is 0.666. The van der Waals surface area contributed by atoms with Crippen molar-refractivity contribution in [3.63, 3.8) is 0 Å². The highest BCUT2D eigenvalue weighted by molar-refractivity contribution is 6.26. The molecule has 0 heterocycles. The summed E-state index contributed by atoms with van der Waals surface area (Å²) in [5.41, 5.74) is 13.1. The van der Waals surface area contributed by atoms with Crippen LogP contribution in [0.5, 0.6) is 0 Å². The molecule has 0 unspecified atom stereocenters. The summed E-state index contributed by atoms with van der Waals surface area (Å²) in [5.74, 6) is 0. The van der Waals surface area contributed by atoms with Gasteiger partial charge < -0.3 is 0 Å².